The summed E-state index contributed by atoms with van der Waals surface area (Å²) in [6.45, 7) is 3.17. The molecule has 1 fully saturated rings. The van der Waals surface area contributed by atoms with Crippen molar-refractivity contribution in [2.75, 3.05) is 25.6 Å². The molecule has 3 heterocycles. The fourth-order valence-corrected chi connectivity index (χ4v) is 4.87. The van der Waals surface area contributed by atoms with Crippen LogP contribution in [0.4, 0.5) is 5.69 Å². The number of amides is 1. The highest BCUT2D eigenvalue weighted by atomic mass is 32.1. The normalized spacial score (nSPS) is 16.1. The van der Waals surface area contributed by atoms with Crippen LogP contribution in [0.2, 0.25) is 0 Å². The van der Waals surface area contributed by atoms with Gasteiger partial charge in [-0.05, 0) is 48.6 Å². The number of carbonyl (C=O) groups is 1. The first-order valence-corrected chi connectivity index (χ1v) is 11.5. The van der Waals surface area contributed by atoms with E-state index in [0.717, 1.165) is 43.3 Å². The molecular weight excluding hydrogens is 420 g/mol. The third-order valence-electron chi connectivity index (χ3n) is 4.81. The molecule has 7 nitrogen and oxygen atoms in total. The lowest BCUT2D eigenvalue weighted by Crippen LogP contribution is -2.31. The summed E-state index contributed by atoms with van der Waals surface area (Å²) < 4.78 is 11.0. The second-order valence-electron chi connectivity index (χ2n) is 7.07. The van der Waals surface area contributed by atoms with Crippen LogP contribution in [0, 0.1) is 0 Å². The van der Waals surface area contributed by atoms with Crippen molar-refractivity contribution < 1.29 is 14.3 Å². The third-order valence-corrected chi connectivity index (χ3v) is 6.58. The van der Waals surface area contributed by atoms with Gasteiger partial charge in [0.2, 0.25) is 5.01 Å². The van der Waals surface area contributed by atoms with Crippen LogP contribution in [0.5, 0.6) is 5.75 Å². The molecule has 0 saturated carbocycles. The lowest BCUT2D eigenvalue weighted by Gasteiger charge is -2.23. The van der Waals surface area contributed by atoms with Crippen molar-refractivity contribution in [1.29, 1.82) is 0 Å². The van der Waals surface area contributed by atoms with Gasteiger partial charge in [0.05, 0.1) is 19.8 Å². The Morgan fingerprint density at radius 3 is 2.83 bits per heavy atom. The number of aromatic nitrogens is 2. The predicted molar refractivity (Wildman–Crippen MR) is 118 cm³/mol. The van der Waals surface area contributed by atoms with Gasteiger partial charge in [-0.1, -0.05) is 17.4 Å². The number of nitrogens with one attached hydrogen (secondary N) is 1. The van der Waals surface area contributed by atoms with Gasteiger partial charge >= 0.3 is 0 Å². The quantitative estimate of drug-likeness (QED) is 0.537. The average molecular weight is 445 g/mol. The molecule has 1 aromatic carbocycles. The predicted octanol–water partition coefficient (Wildman–Crippen LogP) is 4.04. The van der Waals surface area contributed by atoms with Crippen LogP contribution < -0.4 is 10.1 Å². The Kier molecular flexibility index (Phi) is 7.06. The number of benzene rings is 1. The summed E-state index contributed by atoms with van der Waals surface area (Å²) >= 11 is 3.07. The van der Waals surface area contributed by atoms with Gasteiger partial charge in [-0.15, -0.1) is 21.5 Å². The Morgan fingerprint density at radius 2 is 2.13 bits per heavy atom. The van der Waals surface area contributed by atoms with Crippen molar-refractivity contribution >= 4 is 34.3 Å². The Morgan fingerprint density at radius 1 is 1.27 bits per heavy atom. The Bertz CT molecular complexity index is 938. The molecule has 158 valence electrons. The summed E-state index contributed by atoms with van der Waals surface area (Å²) in [6, 6.07) is 11.4. The van der Waals surface area contributed by atoms with Gasteiger partial charge in [0.1, 0.15) is 10.8 Å². The molecule has 1 atom stereocenters. The lowest BCUT2D eigenvalue weighted by molar-refractivity contribution is 0.0681. The molecule has 1 unspecified atom stereocenters. The van der Waals surface area contributed by atoms with E-state index >= 15 is 0 Å². The average Bonchev–Trinajstić information content (AvgIpc) is 3.52. The van der Waals surface area contributed by atoms with E-state index in [4.69, 9.17) is 9.47 Å². The van der Waals surface area contributed by atoms with Crippen LogP contribution in [0.3, 0.4) is 0 Å². The van der Waals surface area contributed by atoms with E-state index in [-0.39, 0.29) is 12.0 Å². The standard InChI is InChI=1S/C21H24N4O3S2/c1-27-16-8-6-15(7-9-16)22-20(26)21-24-23-19(30-21)14-25(12-17-4-2-10-28-17)13-18-5-3-11-29-18/h3,5-9,11,17H,2,4,10,12-14H2,1H3,(H,22,26). The van der Waals surface area contributed by atoms with Crippen LogP contribution in [0.25, 0.3) is 0 Å². The minimum atomic E-state index is -0.257. The van der Waals surface area contributed by atoms with Crippen LogP contribution in [0.1, 0.15) is 32.5 Å². The van der Waals surface area contributed by atoms with Crippen molar-refractivity contribution in [3.8, 4) is 5.75 Å². The molecule has 2 aromatic heterocycles. The lowest BCUT2D eigenvalue weighted by atomic mass is 10.2. The fourth-order valence-electron chi connectivity index (χ4n) is 3.34. The second kappa shape index (κ2) is 10.1. The number of rotatable bonds is 9. The number of hydrogen-bond donors (Lipinski definition) is 1. The first-order valence-electron chi connectivity index (χ1n) is 9.84. The molecule has 0 spiro atoms. The molecule has 0 radical (unpaired) electrons. The van der Waals surface area contributed by atoms with E-state index < -0.39 is 0 Å². The zero-order chi connectivity index (χ0) is 20.8. The molecule has 4 rings (SSSR count). The summed E-state index contributed by atoms with van der Waals surface area (Å²) in [5.41, 5.74) is 0.690. The van der Waals surface area contributed by atoms with E-state index in [1.807, 2.05) is 0 Å². The Hall–Kier alpha value is -2.33. The molecule has 1 N–H and O–H groups in total. The van der Waals surface area contributed by atoms with Crippen LogP contribution in [-0.4, -0.2) is 47.4 Å². The second-order valence-corrected chi connectivity index (χ2v) is 9.16. The maximum absolute atomic E-state index is 12.5. The monoisotopic (exact) mass is 444 g/mol. The van der Waals surface area contributed by atoms with E-state index in [1.54, 1.807) is 42.7 Å². The molecule has 1 aliphatic heterocycles. The molecule has 1 saturated heterocycles. The van der Waals surface area contributed by atoms with Gasteiger partial charge in [-0.3, -0.25) is 9.69 Å². The van der Waals surface area contributed by atoms with Gasteiger partial charge in [-0.25, -0.2) is 0 Å². The largest absolute Gasteiger partial charge is 0.497 e. The minimum absolute atomic E-state index is 0.257. The molecule has 9 heteroatoms. The molecule has 0 aliphatic carbocycles. The van der Waals surface area contributed by atoms with Gasteiger partial charge in [0.25, 0.3) is 5.91 Å². The maximum Gasteiger partial charge on any atom is 0.286 e. The summed E-state index contributed by atoms with van der Waals surface area (Å²) in [4.78, 5) is 16.2. The van der Waals surface area contributed by atoms with E-state index in [2.05, 4.69) is 37.9 Å². The third kappa shape index (κ3) is 5.63. The summed E-state index contributed by atoms with van der Waals surface area (Å²) in [5, 5.41) is 14.5. The zero-order valence-corrected chi connectivity index (χ0v) is 18.4. The summed E-state index contributed by atoms with van der Waals surface area (Å²) in [6.07, 6.45) is 2.47. The molecular formula is C21H24N4O3S2. The zero-order valence-electron chi connectivity index (χ0n) is 16.7. The van der Waals surface area contributed by atoms with Gasteiger partial charge in [0.15, 0.2) is 0 Å². The first-order chi connectivity index (χ1) is 14.7. The molecule has 3 aromatic rings. The number of methoxy groups -OCH3 is 1. The Labute approximate surface area is 183 Å². The van der Waals surface area contributed by atoms with Gasteiger partial charge in [0, 0.05) is 30.3 Å². The van der Waals surface area contributed by atoms with Gasteiger partial charge in [-0.2, -0.15) is 0 Å². The number of hydrogen-bond acceptors (Lipinski definition) is 8. The number of thiophene rings is 1. The topological polar surface area (TPSA) is 76.6 Å². The molecule has 1 aliphatic rings. The summed E-state index contributed by atoms with van der Waals surface area (Å²) in [5.74, 6) is 0.483. The highest BCUT2D eigenvalue weighted by Crippen LogP contribution is 2.21. The SMILES string of the molecule is COc1ccc(NC(=O)c2nnc(CN(Cc3cccs3)CC3CCCO3)s2)cc1. The Balaban J connectivity index is 1.39. The highest BCUT2D eigenvalue weighted by Gasteiger charge is 2.22. The number of ether oxygens (including phenoxy) is 2. The van der Waals surface area contributed by atoms with E-state index in [9.17, 15) is 4.79 Å². The number of anilines is 1. The van der Waals surface area contributed by atoms with Crippen molar-refractivity contribution in [2.45, 2.75) is 32.0 Å². The van der Waals surface area contributed by atoms with E-state index in [1.165, 1.54) is 16.2 Å². The summed E-state index contributed by atoms with van der Waals surface area (Å²) in [7, 11) is 1.61. The van der Waals surface area contributed by atoms with Crippen LogP contribution in [-0.2, 0) is 17.8 Å². The van der Waals surface area contributed by atoms with Crippen molar-refractivity contribution in [2.24, 2.45) is 0 Å². The van der Waals surface area contributed by atoms with Crippen molar-refractivity contribution in [1.82, 2.24) is 15.1 Å². The number of nitrogens with zero attached hydrogens (tertiary/aromatic N) is 3. The van der Waals surface area contributed by atoms with Crippen molar-refractivity contribution in [3.63, 3.8) is 0 Å². The maximum atomic E-state index is 12.5. The first kappa shape index (κ1) is 20.9. The van der Waals surface area contributed by atoms with E-state index in [0.29, 0.717) is 17.2 Å². The molecule has 1 amide bonds. The molecule has 0 bridgehead atoms. The minimum Gasteiger partial charge on any atom is -0.497 e. The van der Waals surface area contributed by atoms with Crippen LogP contribution in [0.15, 0.2) is 41.8 Å². The number of carbonyl (C=O) groups excluding carboxylic acids is 1. The fraction of sp³-hybridized carbons (Fsp3) is 0.381. The highest BCUT2D eigenvalue weighted by molar-refractivity contribution is 7.13. The van der Waals surface area contributed by atoms with Gasteiger partial charge < -0.3 is 14.8 Å². The van der Waals surface area contributed by atoms with Crippen LogP contribution >= 0.6 is 22.7 Å². The molecule has 30 heavy (non-hydrogen) atoms. The smallest absolute Gasteiger partial charge is 0.286 e. The van der Waals surface area contributed by atoms with Crippen molar-refractivity contribution in [3.05, 3.63) is 56.7 Å².